The van der Waals surface area contributed by atoms with E-state index in [2.05, 4.69) is 43.1 Å². The van der Waals surface area contributed by atoms with E-state index < -0.39 is 0 Å². The van der Waals surface area contributed by atoms with Crippen molar-refractivity contribution in [2.45, 2.75) is 47.0 Å². The van der Waals surface area contributed by atoms with Gasteiger partial charge in [-0.1, -0.05) is 38.3 Å². The third kappa shape index (κ3) is 3.37. The summed E-state index contributed by atoms with van der Waals surface area (Å²) in [6, 6.07) is 10.0. The minimum absolute atomic E-state index is 0. The van der Waals surface area contributed by atoms with Gasteiger partial charge in [-0.25, -0.2) is 0 Å². The van der Waals surface area contributed by atoms with Gasteiger partial charge >= 0.3 is 0 Å². The van der Waals surface area contributed by atoms with Crippen LogP contribution < -0.4 is 0 Å². The Balaban J connectivity index is 0.000001000. The number of hydrogen-bond acceptors (Lipinski definition) is 1. The van der Waals surface area contributed by atoms with E-state index in [1.165, 1.54) is 47.9 Å². The van der Waals surface area contributed by atoms with Gasteiger partial charge in [-0.3, -0.25) is 0 Å². The average molecular weight is 445 g/mol. The van der Waals surface area contributed by atoms with Crippen LogP contribution in [0, 0.1) is 19.9 Å². The molecule has 1 radical (unpaired) electrons. The Kier molecular flexibility index (Phi) is 6.10. The molecule has 2 heteroatoms. The number of aryl methyl sites for hydroxylation is 4. The maximum Gasteiger partial charge on any atom is 0.0192 e. The molecule has 1 nitrogen and oxygen atoms in total. The second-order valence-corrected chi connectivity index (χ2v) is 5.26. The van der Waals surface area contributed by atoms with E-state index in [-0.39, 0.29) is 27.5 Å². The molecule has 0 bridgehead atoms. The van der Waals surface area contributed by atoms with Gasteiger partial charge in [0.1, 0.15) is 0 Å². The minimum atomic E-state index is 0. The van der Waals surface area contributed by atoms with Gasteiger partial charge < -0.3 is 4.98 Å². The summed E-state index contributed by atoms with van der Waals surface area (Å²) in [6.07, 6.45) is 7.02. The molecule has 0 saturated heterocycles. The zero-order chi connectivity index (χ0) is 12.5. The number of nitrogens with zero attached hydrogens (tertiary/aromatic N) is 1. The second-order valence-electron chi connectivity index (χ2n) is 5.26. The fourth-order valence-corrected chi connectivity index (χ4v) is 2.58. The molecule has 109 valence electrons. The summed E-state index contributed by atoms with van der Waals surface area (Å²) in [6.45, 7) is 4.24. The number of fused-ring (bicyclic) bond motifs is 1. The number of hydrogen-bond donors (Lipinski definition) is 0. The van der Waals surface area contributed by atoms with Gasteiger partial charge in [-0.05, 0) is 31.5 Å². The Morgan fingerprint density at radius 3 is 2.40 bits per heavy atom. The largest absolute Gasteiger partial charge is 0.304 e. The van der Waals surface area contributed by atoms with Gasteiger partial charge in [-0.15, -0.1) is 34.9 Å². The summed E-state index contributed by atoms with van der Waals surface area (Å²) in [7, 11) is 0. The molecule has 0 fully saturated rings. The van der Waals surface area contributed by atoms with Crippen LogP contribution in [-0.4, -0.2) is 4.98 Å². The third-order valence-electron chi connectivity index (χ3n) is 3.92. The first kappa shape index (κ1) is 17.1. The summed E-state index contributed by atoms with van der Waals surface area (Å²) < 4.78 is 0. The predicted octanol–water partition coefficient (Wildman–Crippen LogP) is 4.68. The van der Waals surface area contributed by atoms with Gasteiger partial charge in [0, 0.05) is 26.3 Å². The molecule has 0 unspecified atom stereocenters. The third-order valence-corrected chi connectivity index (χ3v) is 3.92. The van der Waals surface area contributed by atoms with Crippen molar-refractivity contribution in [3.8, 4) is 11.3 Å². The summed E-state index contributed by atoms with van der Waals surface area (Å²) in [5.74, 6) is 0. The van der Waals surface area contributed by atoms with Gasteiger partial charge in [0.2, 0.25) is 0 Å². The van der Waals surface area contributed by atoms with E-state index in [1.807, 2.05) is 6.20 Å². The maximum absolute atomic E-state index is 4.53. The quantitative estimate of drug-likeness (QED) is 0.582. The van der Waals surface area contributed by atoms with Crippen molar-refractivity contribution in [3.63, 3.8) is 0 Å². The monoisotopic (exact) mass is 445 g/mol. The summed E-state index contributed by atoms with van der Waals surface area (Å²) in [5.41, 5.74) is 7.71. The maximum atomic E-state index is 4.53. The Labute approximate surface area is 136 Å². The fraction of sp³-hybridized carbons (Fsp3) is 0.389. The normalized spacial score (nSPS) is 12.9. The Morgan fingerprint density at radius 2 is 1.70 bits per heavy atom. The molecule has 2 aromatic rings. The minimum Gasteiger partial charge on any atom is -0.304 e. The van der Waals surface area contributed by atoms with Gasteiger partial charge in [0.15, 0.2) is 0 Å². The van der Waals surface area contributed by atoms with E-state index in [1.54, 1.807) is 0 Å². The van der Waals surface area contributed by atoms with Crippen LogP contribution in [0.15, 0.2) is 24.4 Å². The molecule has 0 aliphatic heterocycles. The van der Waals surface area contributed by atoms with Crippen LogP contribution in [0.1, 0.15) is 42.5 Å². The fourth-order valence-electron chi connectivity index (χ4n) is 2.58. The number of pyridine rings is 1. The molecule has 0 spiro atoms. The Hall–Kier alpha value is -0.981. The Morgan fingerprint density at radius 1 is 1.00 bits per heavy atom. The van der Waals surface area contributed by atoms with Crippen LogP contribution in [0.25, 0.3) is 11.3 Å². The molecule has 0 amide bonds. The van der Waals surface area contributed by atoms with Crippen molar-refractivity contribution in [1.82, 2.24) is 4.98 Å². The summed E-state index contributed by atoms with van der Waals surface area (Å²) in [4.78, 5) is 4.53. The van der Waals surface area contributed by atoms with Crippen molar-refractivity contribution < 1.29 is 20.1 Å². The molecular weight excluding hydrogens is 422 g/mol. The van der Waals surface area contributed by atoms with E-state index in [0.29, 0.717) is 0 Å². The zero-order valence-electron chi connectivity index (χ0n) is 11.4. The molecule has 1 aliphatic rings. The van der Waals surface area contributed by atoms with Crippen molar-refractivity contribution >= 4 is 0 Å². The van der Waals surface area contributed by atoms with Crippen molar-refractivity contribution in [2.24, 2.45) is 0 Å². The molecule has 1 aromatic carbocycles. The Bertz CT molecular complexity index is 590. The predicted molar refractivity (Wildman–Crippen MR) is 81.4 cm³/mol. The summed E-state index contributed by atoms with van der Waals surface area (Å²) in [5, 5.41) is 0. The number of aromatic nitrogens is 1. The zero-order valence-corrected chi connectivity index (χ0v) is 13.8. The molecule has 3 rings (SSSR count). The van der Waals surface area contributed by atoms with Crippen LogP contribution in [0.5, 0.6) is 0 Å². The first-order valence-corrected chi connectivity index (χ1v) is 6.71. The molecule has 1 aromatic heterocycles. The smallest absolute Gasteiger partial charge is 0.0192 e. The van der Waals surface area contributed by atoms with Crippen LogP contribution in [0.2, 0.25) is 0 Å². The molecule has 0 N–H and O–H groups in total. The molecule has 0 atom stereocenters. The standard InChI is InChI=1S/C17H18N.CH4.Ir/c1-12-9-17(18-11-13(12)2)16-8-7-14-5-3-4-6-15(14)10-16;;/h7,9-11H,3-6H2,1-2H3;1H4;/q-1;;. The second kappa shape index (κ2) is 7.15. The van der Waals surface area contributed by atoms with E-state index in [0.717, 1.165) is 11.3 Å². The van der Waals surface area contributed by atoms with Gasteiger partial charge in [0.25, 0.3) is 0 Å². The van der Waals surface area contributed by atoms with Crippen molar-refractivity contribution in [2.75, 3.05) is 0 Å². The van der Waals surface area contributed by atoms with E-state index in [4.69, 9.17) is 0 Å². The van der Waals surface area contributed by atoms with Crippen molar-refractivity contribution in [3.05, 3.63) is 52.7 Å². The van der Waals surface area contributed by atoms with Crippen LogP contribution in [0.4, 0.5) is 0 Å². The SMILES string of the molecule is C.Cc1cnc(-c2[c-]cc3c(c2)CCCC3)cc1C.[Ir]. The van der Waals surface area contributed by atoms with Crippen LogP contribution in [-0.2, 0) is 32.9 Å². The number of rotatable bonds is 1. The molecule has 1 heterocycles. The molecule has 1 aliphatic carbocycles. The molecular formula is C18H22IrN-. The van der Waals surface area contributed by atoms with Gasteiger partial charge in [-0.2, -0.15) is 0 Å². The number of benzene rings is 1. The topological polar surface area (TPSA) is 12.9 Å². The first-order chi connectivity index (χ1) is 8.74. The van der Waals surface area contributed by atoms with Crippen LogP contribution in [0.3, 0.4) is 0 Å². The van der Waals surface area contributed by atoms with Crippen LogP contribution >= 0.6 is 0 Å². The van der Waals surface area contributed by atoms with E-state index >= 15 is 0 Å². The molecule has 0 saturated carbocycles. The molecule has 20 heavy (non-hydrogen) atoms. The van der Waals surface area contributed by atoms with Gasteiger partial charge in [0.05, 0.1) is 0 Å². The van der Waals surface area contributed by atoms with E-state index in [9.17, 15) is 0 Å². The average Bonchev–Trinajstić information content (AvgIpc) is 2.41. The van der Waals surface area contributed by atoms with Crippen molar-refractivity contribution in [1.29, 1.82) is 0 Å². The first-order valence-electron chi connectivity index (χ1n) is 6.71. The summed E-state index contributed by atoms with van der Waals surface area (Å²) >= 11 is 0.